The summed E-state index contributed by atoms with van der Waals surface area (Å²) in [4.78, 5) is 0. The normalized spacial score (nSPS) is 20.3. The molecule has 0 atom stereocenters. The molecule has 5 heteroatoms. The molecule has 3 heterocycles. The number of rotatable bonds is 2. The van der Waals surface area contributed by atoms with Gasteiger partial charge in [-0.1, -0.05) is 0 Å². The first-order valence-electron chi connectivity index (χ1n) is 8.74. The number of piperidine rings is 1. The van der Waals surface area contributed by atoms with E-state index in [0.717, 1.165) is 62.8 Å². The van der Waals surface area contributed by atoms with Crippen LogP contribution >= 0.6 is 0 Å². The van der Waals surface area contributed by atoms with Gasteiger partial charge in [0, 0.05) is 37.1 Å². The molecule has 2 aliphatic heterocycles. The van der Waals surface area contributed by atoms with Gasteiger partial charge in [0.15, 0.2) is 0 Å². The molecule has 0 aliphatic carbocycles. The predicted octanol–water partition coefficient (Wildman–Crippen LogP) is 2.89. The van der Waals surface area contributed by atoms with Gasteiger partial charge in [0.05, 0.1) is 11.2 Å². The van der Waals surface area contributed by atoms with Crippen molar-refractivity contribution < 1.29 is 4.39 Å². The number of hydrogen-bond acceptors (Lipinski definition) is 3. The minimum Gasteiger partial charge on any atom is -0.347 e. The fraction of sp³-hybridized carbons (Fsp3) is 0.556. The minimum absolute atomic E-state index is 0.130. The molecule has 2 aromatic rings. The molecule has 0 spiro atoms. The maximum atomic E-state index is 14.6. The first-order valence-corrected chi connectivity index (χ1v) is 8.74. The summed E-state index contributed by atoms with van der Waals surface area (Å²) < 4.78 is 16.8. The van der Waals surface area contributed by atoms with Crippen LogP contribution in [0.2, 0.25) is 0 Å². The van der Waals surface area contributed by atoms with Crippen LogP contribution in [0.5, 0.6) is 0 Å². The molecule has 124 valence electrons. The number of aryl methyl sites for hydroxylation is 1. The zero-order chi connectivity index (χ0) is 15.8. The van der Waals surface area contributed by atoms with Crippen molar-refractivity contribution in [1.82, 2.24) is 15.3 Å². The van der Waals surface area contributed by atoms with Crippen LogP contribution in [0, 0.1) is 5.82 Å². The van der Waals surface area contributed by atoms with Crippen molar-refractivity contribution in [2.75, 3.05) is 31.2 Å². The Balaban J connectivity index is 1.73. The lowest BCUT2D eigenvalue weighted by Gasteiger charge is -2.30. The SMILES string of the molecule is Cn1c(C2CCNCC2)cc2cc(F)c(N3CCCCN3)cc21. The number of aromatic nitrogens is 1. The van der Waals surface area contributed by atoms with E-state index in [0.29, 0.717) is 11.6 Å². The number of hydrogen-bond donors (Lipinski definition) is 2. The molecular weight excluding hydrogens is 291 g/mol. The second-order valence-electron chi connectivity index (χ2n) is 6.78. The maximum absolute atomic E-state index is 14.6. The molecule has 2 aliphatic rings. The second kappa shape index (κ2) is 6.13. The first-order chi connectivity index (χ1) is 11.2. The van der Waals surface area contributed by atoms with E-state index in [9.17, 15) is 4.39 Å². The Hall–Kier alpha value is -1.59. The first kappa shape index (κ1) is 15.0. The molecule has 23 heavy (non-hydrogen) atoms. The molecule has 2 N–H and O–H groups in total. The summed E-state index contributed by atoms with van der Waals surface area (Å²) in [5.74, 6) is 0.447. The molecule has 4 rings (SSSR count). The Bertz CT molecular complexity index is 697. The summed E-state index contributed by atoms with van der Waals surface area (Å²) in [7, 11) is 2.12. The molecule has 2 fully saturated rings. The lowest BCUT2D eigenvalue weighted by atomic mass is 9.94. The van der Waals surface area contributed by atoms with Crippen LogP contribution in [0.25, 0.3) is 10.9 Å². The Morgan fingerprint density at radius 3 is 2.65 bits per heavy atom. The molecule has 0 radical (unpaired) electrons. The molecule has 0 amide bonds. The third-order valence-corrected chi connectivity index (χ3v) is 5.31. The number of nitrogens with zero attached hydrogens (tertiary/aromatic N) is 2. The van der Waals surface area contributed by atoms with Crippen LogP contribution < -0.4 is 15.8 Å². The third kappa shape index (κ3) is 2.72. The molecule has 4 nitrogen and oxygen atoms in total. The minimum atomic E-state index is -0.130. The third-order valence-electron chi connectivity index (χ3n) is 5.31. The molecule has 0 bridgehead atoms. The van der Waals surface area contributed by atoms with Crippen molar-refractivity contribution in [2.45, 2.75) is 31.6 Å². The summed E-state index contributed by atoms with van der Waals surface area (Å²) >= 11 is 0. The van der Waals surface area contributed by atoms with Gasteiger partial charge in [-0.3, -0.25) is 0 Å². The highest BCUT2D eigenvalue weighted by Gasteiger charge is 2.21. The zero-order valence-corrected chi connectivity index (χ0v) is 13.7. The quantitative estimate of drug-likeness (QED) is 0.893. The summed E-state index contributed by atoms with van der Waals surface area (Å²) in [6.07, 6.45) is 4.59. The lowest BCUT2D eigenvalue weighted by Crippen LogP contribution is -2.43. The average Bonchev–Trinajstić information content (AvgIpc) is 2.91. The van der Waals surface area contributed by atoms with E-state index in [4.69, 9.17) is 0 Å². The number of nitrogens with one attached hydrogen (secondary N) is 2. The van der Waals surface area contributed by atoms with Crippen LogP contribution in [-0.2, 0) is 7.05 Å². The van der Waals surface area contributed by atoms with E-state index in [2.05, 4.69) is 28.4 Å². The van der Waals surface area contributed by atoms with Gasteiger partial charge in [-0.2, -0.15) is 0 Å². The number of hydrazine groups is 1. The van der Waals surface area contributed by atoms with E-state index < -0.39 is 0 Å². The van der Waals surface area contributed by atoms with Gasteiger partial charge in [0.2, 0.25) is 0 Å². The van der Waals surface area contributed by atoms with E-state index >= 15 is 0 Å². The Kier molecular flexibility index (Phi) is 3.99. The van der Waals surface area contributed by atoms with Gasteiger partial charge in [-0.15, -0.1) is 0 Å². The van der Waals surface area contributed by atoms with E-state index in [-0.39, 0.29) is 5.82 Å². The van der Waals surface area contributed by atoms with Gasteiger partial charge in [-0.25, -0.2) is 9.82 Å². The summed E-state index contributed by atoms with van der Waals surface area (Å²) in [5, 5.41) is 6.40. The van der Waals surface area contributed by atoms with Gasteiger partial charge >= 0.3 is 0 Å². The van der Waals surface area contributed by atoms with Crippen LogP contribution in [-0.4, -0.2) is 30.7 Å². The van der Waals surface area contributed by atoms with Crippen LogP contribution in [0.15, 0.2) is 18.2 Å². The van der Waals surface area contributed by atoms with Crippen LogP contribution in [0.1, 0.15) is 37.3 Å². The van der Waals surface area contributed by atoms with Gasteiger partial charge in [0.1, 0.15) is 5.82 Å². The predicted molar refractivity (Wildman–Crippen MR) is 92.3 cm³/mol. The van der Waals surface area contributed by atoms with Crippen molar-refractivity contribution in [3.05, 3.63) is 29.7 Å². The number of anilines is 1. The van der Waals surface area contributed by atoms with Crippen molar-refractivity contribution in [3.8, 4) is 0 Å². The van der Waals surface area contributed by atoms with Crippen molar-refractivity contribution in [2.24, 2.45) is 7.05 Å². The van der Waals surface area contributed by atoms with Gasteiger partial charge < -0.3 is 14.9 Å². The van der Waals surface area contributed by atoms with Crippen LogP contribution in [0.4, 0.5) is 10.1 Å². The van der Waals surface area contributed by atoms with E-state index in [1.165, 1.54) is 5.69 Å². The number of benzene rings is 1. The van der Waals surface area contributed by atoms with Crippen molar-refractivity contribution >= 4 is 16.6 Å². The highest BCUT2D eigenvalue weighted by molar-refractivity contribution is 5.85. The number of halogens is 1. The highest BCUT2D eigenvalue weighted by Crippen LogP contribution is 2.33. The second-order valence-corrected chi connectivity index (χ2v) is 6.78. The molecule has 1 aromatic heterocycles. The van der Waals surface area contributed by atoms with E-state index in [1.54, 1.807) is 6.07 Å². The highest BCUT2D eigenvalue weighted by atomic mass is 19.1. The average molecular weight is 316 g/mol. The molecule has 0 saturated carbocycles. The topological polar surface area (TPSA) is 32.2 Å². The van der Waals surface area contributed by atoms with E-state index in [1.807, 2.05) is 11.1 Å². The standard InChI is InChI=1S/C18H25FN4/c1-22-16(13-4-7-20-8-5-13)11-14-10-15(19)18(12-17(14)22)23-9-3-2-6-21-23/h10-13,20-21H,2-9H2,1H3. The Morgan fingerprint density at radius 2 is 1.91 bits per heavy atom. The molecule has 0 unspecified atom stereocenters. The van der Waals surface area contributed by atoms with Gasteiger partial charge in [-0.05, 0) is 57.0 Å². The summed E-state index contributed by atoms with van der Waals surface area (Å²) in [5.41, 5.74) is 6.45. The zero-order valence-electron chi connectivity index (χ0n) is 13.7. The fourth-order valence-electron chi connectivity index (χ4n) is 3.98. The smallest absolute Gasteiger partial charge is 0.148 e. The molecule has 1 aromatic carbocycles. The van der Waals surface area contributed by atoms with Gasteiger partial charge in [0.25, 0.3) is 0 Å². The van der Waals surface area contributed by atoms with Crippen molar-refractivity contribution in [3.63, 3.8) is 0 Å². The molecular formula is C18H25FN4. The summed E-state index contributed by atoms with van der Waals surface area (Å²) in [6, 6.07) is 5.89. The molecule has 2 saturated heterocycles. The maximum Gasteiger partial charge on any atom is 0.148 e. The number of fused-ring (bicyclic) bond motifs is 1. The Morgan fingerprint density at radius 1 is 1.09 bits per heavy atom. The largest absolute Gasteiger partial charge is 0.347 e. The summed E-state index contributed by atoms with van der Waals surface area (Å²) in [6.45, 7) is 3.94. The fourth-order valence-corrected chi connectivity index (χ4v) is 3.98. The lowest BCUT2D eigenvalue weighted by molar-refractivity contribution is 0.446. The van der Waals surface area contributed by atoms with Crippen LogP contribution in [0.3, 0.4) is 0 Å². The van der Waals surface area contributed by atoms with Crippen molar-refractivity contribution in [1.29, 1.82) is 0 Å². The monoisotopic (exact) mass is 316 g/mol. The Labute approximate surface area is 136 Å².